The normalized spacial score (nSPS) is 15.0. The lowest BCUT2D eigenvalue weighted by Crippen LogP contribution is -2.61. The van der Waals surface area contributed by atoms with Crippen LogP contribution in [0.1, 0.15) is 72.5 Å². The number of nitrogens with one attached hydrogen (secondary N) is 11. The van der Waals surface area contributed by atoms with Crippen LogP contribution in [0.3, 0.4) is 0 Å². The number of imidazole rings is 1. The zero-order chi connectivity index (χ0) is 74.2. The van der Waals surface area contributed by atoms with Crippen molar-refractivity contribution in [1.82, 2.24) is 72.7 Å². The summed E-state index contributed by atoms with van der Waals surface area (Å²) in [6.45, 7) is 0.0573. The van der Waals surface area contributed by atoms with Crippen molar-refractivity contribution in [2.75, 3.05) is 26.2 Å². The molecule has 17 N–H and O–H groups in total. The molecule has 9 atom stereocenters. The van der Waals surface area contributed by atoms with Crippen LogP contribution in [0, 0.1) is 0 Å². The molecule has 8 aromatic rings. The van der Waals surface area contributed by atoms with E-state index in [2.05, 4.69) is 67.8 Å². The number of aliphatic hydroxyl groups excluding tert-OH is 1. The standard InChI is InChI=1S/C74H85ClN16O13/c1-43(93)83-57(33-46-17-22-48-11-2-3-12-49(48)30-46)67(97)85-58(31-44-18-23-51(75)24-19-44)68(98)86-59(34-47-10-8-28-78-37-47)69(99)90-63(41-92)72(102)88-61(36-52-39-79-42-82-52)71(101)84-56(15-6-7-27-76)66(96)87-60(35-50-38-80-55-14-5-4-13-54(50)55)70(100)89-62(32-45-20-25-53(94)26-21-45)74(104)91-29-9-16-64(91)73(103)81-40-65(77)95/h2-5,8,10-14,17-26,28,30,37-39,42,56-64,80,92,94H,6-7,9,15-16,27,29,31-36,40-41,76H2,1H3,(H2,77,95)(H,79,82)(H,81,103)(H,83,93)(H,84,101)(H,85,97)(H,86,98)(H,87,96)(H,88,102)(H,89,100)(H,90,99)/t56-,57-,58-,59-,60+,61+,62+,63+,64+/m1/s1. The number of unbranched alkanes of at least 4 members (excludes halogenated alkanes) is 1. The van der Waals surface area contributed by atoms with Crippen molar-refractivity contribution in [3.63, 3.8) is 0 Å². The number of hydrogen-bond acceptors (Lipinski definition) is 16. The van der Waals surface area contributed by atoms with E-state index in [1.54, 1.807) is 60.8 Å². The highest BCUT2D eigenvalue weighted by molar-refractivity contribution is 6.30. The zero-order valence-electron chi connectivity index (χ0n) is 57.1. The maximum absolute atomic E-state index is 15.1. The SMILES string of the molecule is CC(=O)N[C@H](Cc1ccc2ccccc2c1)C(=O)N[C@H](Cc1ccc(Cl)cc1)C(=O)N[C@H](Cc1cccnc1)C(=O)N[C@@H](CO)C(=O)N[C@@H](Cc1cnc[nH]1)C(=O)N[C@H](CCCCN)C(=O)N[C@@H](Cc1c[nH]c2ccccc12)C(=O)N[C@@H](Cc1ccc(O)cc1)C(=O)N1CCC[C@H]1C(=O)NCC(N)=O. The Labute approximate surface area is 603 Å². The number of carbonyl (C=O) groups excluding carboxylic acids is 11. The van der Waals surface area contributed by atoms with Crippen molar-refractivity contribution in [1.29, 1.82) is 0 Å². The maximum Gasteiger partial charge on any atom is 0.246 e. The predicted molar refractivity (Wildman–Crippen MR) is 385 cm³/mol. The Morgan fingerprint density at radius 3 is 1.74 bits per heavy atom. The lowest BCUT2D eigenvalue weighted by molar-refractivity contribution is -0.142. The summed E-state index contributed by atoms with van der Waals surface area (Å²) in [5.41, 5.74) is 15.1. The third kappa shape index (κ3) is 22.0. The molecule has 0 saturated carbocycles. The molecule has 29 nitrogen and oxygen atoms in total. The molecule has 0 unspecified atom stereocenters. The first-order valence-corrected chi connectivity index (χ1v) is 34.5. The van der Waals surface area contributed by atoms with Gasteiger partial charge in [0.25, 0.3) is 0 Å². The number of phenols is 1. The Bertz CT molecular complexity index is 4320. The van der Waals surface area contributed by atoms with Gasteiger partial charge >= 0.3 is 0 Å². The molecule has 11 amide bonds. The third-order valence-electron chi connectivity index (χ3n) is 17.7. The number of aromatic hydroxyl groups is 1. The number of benzene rings is 5. The molecule has 9 rings (SSSR count). The fourth-order valence-corrected chi connectivity index (χ4v) is 12.5. The van der Waals surface area contributed by atoms with Gasteiger partial charge in [-0.1, -0.05) is 103 Å². The molecule has 4 heterocycles. The van der Waals surface area contributed by atoms with Gasteiger partial charge in [-0.2, -0.15) is 0 Å². The van der Waals surface area contributed by atoms with E-state index < -0.39 is 133 Å². The van der Waals surface area contributed by atoms with E-state index >= 15 is 9.59 Å². The number of halogens is 1. The molecule has 0 aliphatic carbocycles. The van der Waals surface area contributed by atoms with E-state index in [-0.39, 0.29) is 76.6 Å². The summed E-state index contributed by atoms with van der Waals surface area (Å²) in [6, 6.07) is 23.4. The molecule has 1 aliphatic rings. The number of likely N-dealkylation sites (tertiary alicyclic amines) is 1. The average molecular weight is 1440 g/mol. The lowest BCUT2D eigenvalue weighted by Gasteiger charge is -2.30. The summed E-state index contributed by atoms with van der Waals surface area (Å²) in [7, 11) is 0. The van der Waals surface area contributed by atoms with Crippen molar-refractivity contribution >= 4 is 98.3 Å². The van der Waals surface area contributed by atoms with E-state index in [9.17, 15) is 53.4 Å². The number of para-hydroxylation sites is 1. The van der Waals surface area contributed by atoms with Gasteiger partial charge in [-0.05, 0) is 114 Å². The van der Waals surface area contributed by atoms with Gasteiger partial charge < -0.3 is 84.4 Å². The first-order chi connectivity index (χ1) is 50.1. The number of phenolic OH excluding ortho intramolecular Hbond substituents is 1. The molecule has 0 radical (unpaired) electrons. The highest BCUT2D eigenvalue weighted by Crippen LogP contribution is 2.24. The minimum Gasteiger partial charge on any atom is -0.508 e. The van der Waals surface area contributed by atoms with Crippen LogP contribution in [0.15, 0.2) is 159 Å². The first kappa shape index (κ1) is 76.6. The summed E-state index contributed by atoms with van der Waals surface area (Å²) in [4.78, 5) is 172. The summed E-state index contributed by atoms with van der Waals surface area (Å²) in [5.74, 6) is -8.94. The number of amides is 11. The highest BCUT2D eigenvalue weighted by Gasteiger charge is 2.40. The molecule has 546 valence electrons. The zero-order valence-corrected chi connectivity index (χ0v) is 57.8. The van der Waals surface area contributed by atoms with Gasteiger partial charge in [-0.25, -0.2) is 4.98 Å². The molecular weight excluding hydrogens is 1360 g/mol. The number of nitrogens with zero attached hydrogens (tertiary/aromatic N) is 3. The lowest BCUT2D eigenvalue weighted by atomic mass is 9.99. The number of aromatic nitrogens is 4. The quantitative estimate of drug-likeness (QED) is 0.0245. The monoisotopic (exact) mass is 1440 g/mol. The van der Waals surface area contributed by atoms with Crippen molar-refractivity contribution in [3.8, 4) is 5.75 Å². The molecule has 3 aromatic heterocycles. The van der Waals surface area contributed by atoms with Gasteiger partial charge in [0.05, 0.1) is 19.5 Å². The molecule has 1 aliphatic heterocycles. The Morgan fingerprint density at radius 1 is 0.567 bits per heavy atom. The molecule has 0 bridgehead atoms. The number of rotatable bonds is 36. The number of H-pyrrole nitrogens is 2. The molecule has 1 saturated heterocycles. The van der Waals surface area contributed by atoms with Gasteiger partial charge in [0.1, 0.15) is 60.1 Å². The fourth-order valence-electron chi connectivity index (χ4n) is 12.4. The van der Waals surface area contributed by atoms with Crippen LogP contribution in [0.5, 0.6) is 5.75 Å². The van der Waals surface area contributed by atoms with Gasteiger partial charge in [0, 0.05) is 98.4 Å². The summed E-state index contributed by atoms with van der Waals surface area (Å²) < 4.78 is 0. The largest absolute Gasteiger partial charge is 0.508 e. The Kier molecular flexibility index (Phi) is 27.5. The van der Waals surface area contributed by atoms with Crippen molar-refractivity contribution < 1.29 is 63.0 Å². The molecule has 30 heteroatoms. The van der Waals surface area contributed by atoms with Crippen molar-refractivity contribution in [3.05, 3.63) is 197 Å². The molecule has 1 fully saturated rings. The van der Waals surface area contributed by atoms with Crippen LogP contribution in [0.2, 0.25) is 5.02 Å². The van der Waals surface area contributed by atoms with Crippen LogP contribution in [0.4, 0.5) is 0 Å². The first-order valence-electron chi connectivity index (χ1n) is 34.1. The Morgan fingerprint density at radius 2 is 1.12 bits per heavy atom. The molecule has 104 heavy (non-hydrogen) atoms. The summed E-state index contributed by atoms with van der Waals surface area (Å²) in [6.07, 6.45) is 7.67. The number of carbonyl (C=O) groups is 11. The van der Waals surface area contributed by atoms with Crippen LogP contribution >= 0.6 is 11.6 Å². The number of aromatic amines is 2. The number of primary amides is 1. The number of aliphatic hydroxyl groups is 1. The average Bonchev–Trinajstić information content (AvgIpc) is 1.67. The topological polar surface area (TPSA) is 449 Å². The van der Waals surface area contributed by atoms with E-state index in [0.29, 0.717) is 62.3 Å². The molecule has 5 aromatic carbocycles. The van der Waals surface area contributed by atoms with Gasteiger partial charge in [0.2, 0.25) is 65.0 Å². The smallest absolute Gasteiger partial charge is 0.246 e. The molecular formula is C74H85ClN16O13. The van der Waals surface area contributed by atoms with Crippen LogP contribution < -0.4 is 59.3 Å². The van der Waals surface area contributed by atoms with Gasteiger partial charge in [0.15, 0.2) is 0 Å². The number of fused-ring (bicyclic) bond motifs is 2. The van der Waals surface area contributed by atoms with Crippen LogP contribution in [0.25, 0.3) is 21.7 Å². The summed E-state index contributed by atoms with van der Waals surface area (Å²) in [5, 5.41) is 48.3. The Hall–Kier alpha value is -11.6. The fraction of sp³-hybridized carbons (Fsp3) is 0.338. The highest BCUT2D eigenvalue weighted by atomic mass is 35.5. The number of hydrogen-bond donors (Lipinski definition) is 15. The van der Waals surface area contributed by atoms with Crippen LogP contribution in [-0.4, -0.2) is 181 Å². The van der Waals surface area contributed by atoms with Crippen LogP contribution in [-0.2, 0) is 91.3 Å². The second-order valence-corrected chi connectivity index (χ2v) is 26.0. The van der Waals surface area contributed by atoms with Gasteiger partial charge in [-0.15, -0.1) is 0 Å². The summed E-state index contributed by atoms with van der Waals surface area (Å²) >= 11 is 6.24. The maximum atomic E-state index is 15.1. The van der Waals surface area contributed by atoms with Crippen molar-refractivity contribution in [2.45, 2.75) is 132 Å². The van der Waals surface area contributed by atoms with E-state index in [0.717, 1.165) is 10.8 Å². The number of pyridine rings is 1. The molecule has 0 spiro atoms. The second-order valence-electron chi connectivity index (χ2n) is 25.5. The van der Waals surface area contributed by atoms with E-state index in [1.165, 1.54) is 48.9 Å². The van der Waals surface area contributed by atoms with E-state index in [1.807, 2.05) is 60.7 Å². The Balaban J connectivity index is 0.948. The van der Waals surface area contributed by atoms with Crippen molar-refractivity contribution in [2.24, 2.45) is 11.5 Å². The van der Waals surface area contributed by atoms with Gasteiger partial charge in [-0.3, -0.25) is 57.7 Å². The minimum absolute atomic E-state index is 0.0393. The minimum atomic E-state index is -1.81. The van der Waals surface area contributed by atoms with E-state index in [4.69, 9.17) is 23.1 Å². The predicted octanol–water partition coefficient (Wildman–Crippen LogP) is 1.17. The number of nitrogens with two attached hydrogens (primary N) is 2. The third-order valence-corrected chi connectivity index (χ3v) is 18.0. The second kappa shape index (κ2) is 37.4.